The molecule has 0 radical (unpaired) electrons. The van der Waals surface area contributed by atoms with Crippen LogP contribution in [0.4, 0.5) is 0 Å². The summed E-state index contributed by atoms with van der Waals surface area (Å²) in [6.45, 7) is 11.4. The van der Waals surface area contributed by atoms with Crippen LogP contribution in [-0.2, 0) is 29.3 Å². The Hall–Kier alpha value is -3.81. The van der Waals surface area contributed by atoms with Gasteiger partial charge in [-0.2, -0.15) is 0 Å². The molecule has 1 unspecified atom stereocenters. The van der Waals surface area contributed by atoms with E-state index in [0.717, 1.165) is 11.1 Å². The van der Waals surface area contributed by atoms with Crippen molar-refractivity contribution in [3.63, 3.8) is 0 Å². The van der Waals surface area contributed by atoms with Gasteiger partial charge in [0.1, 0.15) is 37.9 Å². The van der Waals surface area contributed by atoms with Gasteiger partial charge in [-0.1, -0.05) is 51.6 Å². The lowest BCUT2D eigenvalue weighted by atomic mass is 9.73. The van der Waals surface area contributed by atoms with Crippen LogP contribution >= 0.6 is 0 Å². The molecule has 1 atom stereocenters. The van der Waals surface area contributed by atoms with Crippen molar-refractivity contribution in [2.75, 3.05) is 26.4 Å². The van der Waals surface area contributed by atoms with E-state index in [0.29, 0.717) is 23.5 Å². The fourth-order valence-corrected chi connectivity index (χ4v) is 3.54. The van der Waals surface area contributed by atoms with E-state index in [9.17, 15) is 19.5 Å². The molecular formula is C29H36O8. The molecule has 0 amide bonds. The Bertz CT molecular complexity index is 1060. The summed E-state index contributed by atoms with van der Waals surface area (Å²) in [5.74, 6) is -0.547. The van der Waals surface area contributed by atoms with E-state index >= 15 is 0 Å². The lowest BCUT2D eigenvalue weighted by Crippen LogP contribution is -2.25. The summed E-state index contributed by atoms with van der Waals surface area (Å²) in [6, 6.07) is 14.9. The first-order valence-electron chi connectivity index (χ1n) is 12.2. The second kappa shape index (κ2) is 14.1. The number of carbonyl (C=O) groups excluding carboxylic acids is 2. The van der Waals surface area contributed by atoms with Crippen LogP contribution < -0.4 is 9.47 Å². The minimum Gasteiger partial charge on any atom is -0.490 e. The molecule has 0 saturated carbocycles. The predicted molar refractivity (Wildman–Crippen MR) is 139 cm³/mol. The molecule has 2 aromatic carbocycles. The zero-order valence-corrected chi connectivity index (χ0v) is 22.0. The van der Waals surface area contributed by atoms with E-state index in [4.69, 9.17) is 18.9 Å². The molecule has 0 heterocycles. The van der Waals surface area contributed by atoms with E-state index in [1.54, 1.807) is 20.8 Å². The third-order valence-corrected chi connectivity index (χ3v) is 5.82. The standard InChI is InChI=1S/C29H36O8/c1-20(2)27(32)36-18-16-34-24-10-6-22(7-11-24)29(5,15-14-26(30)31)23-8-12-25(13-9-23)35-17-19-37-28(33)21(3)4/h6-13,21H,1,14-19H2,2-5H3,(H,30,31). The molecule has 0 aliphatic rings. The molecule has 0 fully saturated rings. The van der Waals surface area contributed by atoms with E-state index in [1.807, 2.05) is 55.5 Å². The SMILES string of the molecule is C=C(C)C(=O)OCCOc1ccc(C(C)(CCC(=O)O)c2ccc(OCCOC(=O)C(C)C)cc2)cc1. The first-order valence-corrected chi connectivity index (χ1v) is 12.2. The van der Waals surface area contributed by atoms with Gasteiger partial charge in [-0.05, 0) is 48.7 Å². The summed E-state index contributed by atoms with van der Waals surface area (Å²) < 4.78 is 21.5. The monoisotopic (exact) mass is 512 g/mol. The van der Waals surface area contributed by atoms with Crippen LogP contribution in [0, 0.1) is 5.92 Å². The van der Waals surface area contributed by atoms with Gasteiger partial charge in [-0.15, -0.1) is 0 Å². The first kappa shape index (κ1) is 29.4. The van der Waals surface area contributed by atoms with Crippen LogP contribution in [0.15, 0.2) is 60.7 Å². The number of benzene rings is 2. The first-order chi connectivity index (χ1) is 17.5. The molecule has 37 heavy (non-hydrogen) atoms. The van der Waals surface area contributed by atoms with Gasteiger partial charge in [-0.25, -0.2) is 4.79 Å². The molecule has 8 nitrogen and oxygen atoms in total. The van der Waals surface area contributed by atoms with Gasteiger partial charge in [-0.3, -0.25) is 9.59 Å². The summed E-state index contributed by atoms with van der Waals surface area (Å²) in [4.78, 5) is 34.4. The van der Waals surface area contributed by atoms with Gasteiger partial charge in [0.15, 0.2) is 0 Å². The number of hydrogen-bond donors (Lipinski definition) is 1. The van der Waals surface area contributed by atoms with Gasteiger partial charge in [0, 0.05) is 17.4 Å². The van der Waals surface area contributed by atoms with Crippen molar-refractivity contribution < 1.29 is 38.4 Å². The quantitative estimate of drug-likeness (QED) is 0.203. The lowest BCUT2D eigenvalue weighted by Gasteiger charge is -2.31. The number of esters is 2. The van der Waals surface area contributed by atoms with E-state index in [-0.39, 0.29) is 44.7 Å². The molecule has 2 rings (SSSR count). The van der Waals surface area contributed by atoms with E-state index < -0.39 is 17.4 Å². The number of hydrogen-bond acceptors (Lipinski definition) is 7. The zero-order valence-electron chi connectivity index (χ0n) is 22.0. The largest absolute Gasteiger partial charge is 0.490 e. The Balaban J connectivity index is 2.06. The molecule has 8 heteroatoms. The van der Waals surface area contributed by atoms with Crippen LogP contribution in [0.1, 0.15) is 51.7 Å². The molecule has 0 aliphatic heterocycles. The third kappa shape index (κ3) is 9.29. The topological polar surface area (TPSA) is 108 Å². The number of carboxylic acid groups (broad SMARTS) is 1. The molecule has 2 aromatic rings. The van der Waals surface area contributed by atoms with Gasteiger partial charge in [0.2, 0.25) is 0 Å². The number of aliphatic carboxylic acids is 1. The molecule has 0 aliphatic carbocycles. The zero-order chi connectivity index (χ0) is 27.4. The fourth-order valence-electron chi connectivity index (χ4n) is 3.54. The average Bonchev–Trinajstić information content (AvgIpc) is 2.88. The molecule has 200 valence electrons. The second-order valence-electron chi connectivity index (χ2n) is 9.21. The molecule has 0 bridgehead atoms. The summed E-state index contributed by atoms with van der Waals surface area (Å²) >= 11 is 0. The highest BCUT2D eigenvalue weighted by molar-refractivity contribution is 5.86. The second-order valence-corrected chi connectivity index (χ2v) is 9.21. The highest BCUT2D eigenvalue weighted by Crippen LogP contribution is 2.38. The summed E-state index contributed by atoms with van der Waals surface area (Å²) in [7, 11) is 0. The Morgan fingerprint density at radius 1 is 0.838 bits per heavy atom. The van der Waals surface area contributed by atoms with Crippen LogP contribution in [-0.4, -0.2) is 49.4 Å². The highest BCUT2D eigenvalue weighted by Gasteiger charge is 2.30. The van der Waals surface area contributed by atoms with Crippen molar-refractivity contribution in [1.29, 1.82) is 0 Å². The maximum absolute atomic E-state index is 11.5. The molecule has 1 N–H and O–H groups in total. The minimum atomic E-state index is -0.869. The number of carbonyl (C=O) groups is 3. The van der Waals surface area contributed by atoms with Crippen LogP contribution in [0.25, 0.3) is 0 Å². The van der Waals surface area contributed by atoms with Gasteiger partial charge >= 0.3 is 17.9 Å². The highest BCUT2D eigenvalue weighted by atomic mass is 16.6. The molecule has 0 saturated heterocycles. The van der Waals surface area contributed by atoms with Gasteiger partial charge in [0.05, 0.1) is 5.92 Å². The Labute approximate surface area is 218 Å². The average molecular weight is 513 g/mol. The van der Waals surface area contributed by atoms with Crippen molar-refractivity contribution in [2.45, 2.75) is 46.0 Å². The third-order valence-electron chi connectivity index (χ3n) is 5.82. The van der Waals surface area contributed by atoms with Crippen molar-refractivity contribution in [3.05, 3.63) is 71.8 Å². The minimum absolute atomic E-state index is 0.00229. The normalized spacial score (nSPS) is 12.4. The Morgan fingerprint density at radius 2 is 1.30 bits per heavy atom. The maximum Gasteiger partial charge on any atom is 0.333 e. The summed E-state index contributed by atoms with van der Waals surface area (Å²) in [5, 5.41) is 9.33. The van der Waals surface area contributed by atoms with E-state index in [1.165, 1.54) is 0 Å². The smallest absolute Gasteiger partial charge is 0.333 e. The maximum atomic E-state index is 11.5. The summed E-state index contributed by atoms with van der Waals surface area (Å²) in [5.41, 5.74) is 1.63. The molecule has 0 aromatic heterocycles. The van der Waals surface area contributed by atoms with Crippen molar-refractivity contribution in [3.8, 4) is 11.5 Å². The fraction of sp³-hybridized carbons (Fsp3) is 0.414. The lowest BCUT2D eigenvalue weighted by molar-refractivity contribution is -0.148. The number of ether oxygens (including phenoxy) is 4. The van der Waals surface area contributed by atoms with Crippen LogP contribution in [0.3, 0.4) is 0 Å². The molecular weight excluding hydrogens is 476 g/mol. The van der Waals surface area contributed by atoms with Crippen molar-refractivity contribution in [1.82, 2.24) is 0 Å². The summed E-state index contributed by atoms with van der Waals surface area (Å²) in [6.07, 6.45) is 0.396. The van der Waals surface area contributed by atoms with Gasteiger partial charge in [0.25, 0.3) is 0 Å². The van der Waals surface area contributed by atoms with Gasteiger partial charge < -0.3 is 24.1 Å². The number of carboxylic acids is 1. The van der Waals surface area contributed by atoms with E-state index in [2.05, 4.69) is 6.58 Å². The number of rotatable bonds is 15. The predicted octanol–water partition coefficient (Wildman–Crippen LogP) is 4.93. The van der Waals surface area contributed by atoms with Crippen molar-refractivity contribution >= 4 is 17.9 Å². The van der Waals surface area contributed by atoms with Crippen LogP contribution in [0.5, 0.6) is 11.5 Å². The van der Waals surface area contributed by atoms with Crippen molar-refractivity contribution in [2.24, 2.45) is 5.92 Å². The van der Waals surface area contributed by atoms with Crippen LogP contribution in [0.2, 0.25) is 0 Å². The molecule has 0 spiro atoms. The Morgan fingerprint density at radius 3 is 1.70 bits per heavy atom. The Kier molecular flexibility index (Phi) is 11.2.